The molecule has 0 heterocycles. The second-order valence-corrected chi connectivity index (χ2v) is 4.93. The first-order chi connectivity index (χ1) is 9.76. The monoisotopic (exact) mass is 269 g/mol. The molecule has 2 heteroatoms. The predicted molar refractivity (Wildman–Crippen MR) is 84.4 cm³/mol. The number of aryl methyl sites for hydroxylation is 1. The van der Waals surface area contributed by atoms with Crippen molar-refractivity contribution in [1.29, 1.82) is 0 Å². The number of hydrogen-bond acceptors (Lipinski definition) is 2. The molecule has 0 saturated carbocycles. The molecule has 2 rings (SSSR count). The van der Waals surface area contributed by atoms with Crippen molar-refractivity contribution >= 4 is 0 Å². The zero-order chi connectivity index (χ0) is 14.4. The van der Waals surface area contributed by atoms with E-state index in [-0.39, 0.29) is 0 Å². The number of benzene rings is 2. The van der Waals surface area contributed by atoms with E-state index in [1.165, 1.54) is 11.1 Å². The minimum Gasteiger partial charge on any atom is -0.457 e. The van der Waals surface area contributed by atoms with Crippen molar-refractivity contribution in [3.05, 3.63) is 59.7 Å². The highest BCUT2D eigenvalue weighted by atomic mass is 16.5. The van der Waals surface area contributed by atoms with Crippen LogP contribution in [0.25, 0.3) is 0 Å². The molecule has 0 aliphatic rings. The van der Waals surface area contributed by atoms with E-state index in [2.05, 4.69) is 43.4 Å². The molecule has 2 nitrogen and oxygen atoms in total. The number of rotatable bonds is 6. The van der Waals surface area contributed by atoms with Gasteiger partial charge in [0.2, 0.25) is 0 Å². The van der Waals surface area contributed by atoms with Crippen LogP contribution in [0.1, 0.15) is 37.4 Å². The molecule has 106 valence electrons. The molecule has 1 unspecified atom stereocenters. The Kier molecular flexibility index (Phi) is 5.19. The largest absolute Gasteiger partial charge is 0.457 e. The highest BCUT2D eigenvalue weighted by Gasteiger charge is 2.07. The van der Waals surface area contributed by atoms with Crippen molar-refractivity contribution < 1.29 is 4.74 Å². The van der Waals surface area contributed by atoms with Crippen molar-refractivity contribution in [1.82, 2.24) is 5.32 Å². The molecule has 0 bridgehead atoms. The minimum atomic E-state index is 0.375. The predicted octanol–water partition coefficient (Wildman–Crippen LogP) is 4.71. The molecule has 0 amide bonds. The fourth-order valence-corrected chi connectivity index (χ4v) is 2.37. The van der Waals surface area contributed by atoms with Crippen LogP contribution in [0.4, 0.5) is 0 Å². The molecule has 20 heavy (non-hydrogen) atoms. The second kappa shape index (κ2) is 7.11. The topological polar surface area (TPSA) is 21.3 Å². The van der Waals surface area contributed by atoms with Crippen molar-refractivity contribution in [2.24, 2.45) is 0 Å². The summed E-state index contributed by atoms with van der Waals surface area (Å²) >= 11 is 0. The third-order valence-electron chi connectivity index (χ3n) is 3.56. The maximum Gasteiger partial charge on any atom is 0.127 e. The van der Waals surface area contributed by atoms with E-state index >= 15 is 0 Å². The Labute approximate surface area is 121 Å². The molecule has 0 fully saturated rings. The van der Waals surface area contributed by atoms with Crippen LogP contribution >= 0.6 is 0 Å². The van der Waals surface area contributed by atoms with Crippen molar-refractivity contribution in [3.8, 4) is 11.5 Å². The molecule has 0 spiro atoms. The van der Waals surface area contributed by atoms with Gasteiger partial charge in [0.25, 0.3) is 0 Å². The summed E-state index contributed by atoms with van der Waals surface area (Å²) in [5, 5.41) is 3.32. The molecule has 0 aliphatic heterocycles. The van der Waals surface area contributed by atoms with E-state index in [1.807, 2.05) is 31.3 Å². The average Bonchev–Trinajstić information content (AvgIpc) is 2.49. The molecule has 0 aromatic heterocycles. The van der Waals surface area contributed by atoms with Crippen LogP contribution in [-0.2, 0) is 6.42 Å². The van der Waals surface area contributed by atoms with Crippen molar-refractivity contribution in [2.45, 2.75) is 32.7 Å². The first kappa shape index (κ1) is 14.6. The SMILES string of the molecule is CCc1cccc(Oc2cccc(C(CC)NC)c2)c1. The number of ether oxygens (including phenoxy) is 1. The molecule has 1 atom stereocenters. The Bertz CT molecular complexity index is 547. The van der Waals surface area contributed by atoms with Gasteiger partial charge >= 0.3 is 0 Å². The molecule has 2 aromatic carbocycles. The van der Waals surface area contributed by atoms with Gasteiger partial charge in [-0.15, -0.1) is 0 Å². The Morgan fingerprint density at radius 1 is 1.00 bits per heavy atom. The first-order valence-corrected chi connectivity index (χ1v) is 7.30. The summed E-state index contributed by atoms with van der Waals surface area (Å²) in [5.74, 6) is 1.79. The van der Waals surface area contributed by atoms with Gasteiger partial charge in [-0.3, -0.25) is 0 Å². The molecular formula is C18H23NO. The van der Waals surface area contributed by atoms with Crippen LogP contribution in [0.2, 0.25) is 0 Å². The van der Waals surface area contributed by atoms with Crippen LogP contribution in [0.15, 0.2) is 48.5 Å². The normalized spacial score (nSPS) is 12.2. The lowest BCUT2D eigenvalue weighted by molar-refractivity contribution is 0.478. The lowest BCUT2D eigenvalue weighted by Gasteiger charge is -2.15. The molecule has 0 radical (unpaired) electrons. The van der Waals surface area contributed by atoms with Gasteiger partial charge in [-0.25, -0.2) is 0 Å². The van der Waals surface area contributed by atoms with Gasteiger partial charge in [-0.1, -0.05) is 38.1 Å². The average molecular weight is 269 g/mol. The maximum atomic E-state index is 5.97. The zero-order valence-electron chi connectivity index (χ0n) is 12.5. The van der Waals surface area contributed by atoms with E-state index in [0.717, 1.165) is 24.3 Å². The van der Waals surface area contributed by atoms with Gasteiger partial charge in [-0.05, 0) is 55.3 Å². The van der Waals surface area contributed by atoms with E-state index < -0.39 is 0 Å². The second-order valence-electron chi connectivity index (χ2n) is 4.93. The highest BCUT2D eigenvalue weighted by Crippen LogP contribution is 2.26. The molecule has 1 N–H and O–H groups in total. The first-order valence-electron chi connectivity index (χ1n) is 7.30. The quantitative estimate of drug-likeness (QED) is 0.820. The van der Waals surface area contributed by atoms with Crippen molar-refractivity contribution in [3.63, 3.8) is 0 Å². The Balaban J connectivity index is 2.18. The third kappa shape index (κ3) is 3.61. The Morgan fingerprint density at radius 3 is 2.35 bits per heavy atom. The van der Waals surface area contributed by atoms with Crippen LogP contribution in [-0.4, -0.2) is 7.05 Å². The highest BCUT2D eigenvalue weighted by molar-refractivity contribution is 5.36. The van der Waals surface area contributed by atoms with Gasteiger partial charge in [0.05, 0.1) is 0 Å². The molecule has 0 aliphatic carbocycles. The Hall–Kier alpha value is -1.80. The zero-order valence-corrected chi connectivity index (χ0v) is 12.5. The maximum absolute atomic E-state index is 5.97. The van der Waals surface area contributed by atoms with Gasteiger partial charge in [0, 0.05) is 6.04 Å². The van der Waals surface area contributed by atoms with Gasteiger partial charge in [0.15, 0.2) is 0 Å². The third-order valence-corrected chi connectivity index (χ3v) is 3.56. The summed E-state index contributed by atoms with van der Waals surface area (Å²) in [7, 11) is 1.99. The number of nitrogens with one attached hydrogen (secondary N) is 1. The van der Waals surface area contributed by atoms with Crippen LogP contribution in [0, 0.1) is 0 Å². The molecular weight excluding hydrogens is 246 g/mol. The smallest absolute Gasteiger partial charge is 0.127 e. The van der Waals surface area contributed by atoms with Crippen LogP contribution in [0.5, 0.6) is 11.5 Å². The molecule has 0 saturated heterocycles. The summed E-state index contributed by atoms with van der Waals surface area (Å²) in [6.07, 6.45) is 2.08. The standard InChI is InChI=1S/C18H23NO/c1-4-14-8-6-10-16(12-14)20-17-11-7-9-15(13-17)18(5-2)19-3/h6-13,18-19H,4-5H2,1-3H3. The van der Waals surface area contributed by atoms with Gasteiger partial charge in [0.1, 0.15) is 11.5 Å². The van der Waals surface area contributed by atoms with E-state index in [1.54, 1.807) is 0 Å². The number of hydrogen-bond donors (Lipinski definition) is 1. The lowest BCUT2D eigenvalue weighted by Crippen LogP contribution is -2.14. The van der Waals surface area contributed by atoms with Crippen LogP contribution < -0.4 is 10.1 Å². The summed E-state index contributed by atoms with van der Waals surface area (Å²) in [4.78, 5) is 0. The Morgan fingerprint density at radius 2 is 1.70 bits per heavy atom. The summed E-state index contributed by atoms with van der Waals surface area (Å²) in [6, 6.07) is 16.9. The van der Waals surface area contributed by atoms with Crippen LogP contribution in [0.3, 0.4) is 0 Å². The van der Waals surface area contributed by atoms with E-state index in [0.29, 0.717) is 6.04 Å². The van der Waals surface area contributed by atoms with Crippen molar-refractivity contribution in [2.75, 3.05) is 7.05 Å². The van der Waals surface area contributed by atoms with Gasteiger partial charge in [-0.2, -0.15) is 0 Å². The fraction of sp³-hybridized carbons (Fsp3) is 0.333. The van der Waals surface area contributed by atoms with E-state index in [4.69, 9.17) is 4.74 Å². The summed E-state index contributed by atoms with van der Waals surface area (Å²) < 4.78 is 5.97. The minimum absolute atomic E-state index is 0.375. The van der Waals surface area contributed by atoms with E-state index in [9.17, 15) is 0 Å². The lowest BCUT2D eigenvalue weighted by atomic mass is 10.0. The summed E-state index contributed by atoms with van der Waals surface area (Å²) in [5.41, 5.74) is 2.56. The molecule has 2 aromatic rings. The van der Waals surface area contributed by atoms with Gasteiger partial charge < -0.3 is 10.1 Å². The fourth-order valence-electron chi connectivity index (χ4n) is 2.37. The summed E-state index contributed by atoms with van der Waals surface area (Å²) in [6.45, 7) is 4.33.